The molecule has 2 heterocycles. The number of carbonyl (C=O) groups is 2. The highest BCUT2D eigenvalue weighted by Gasteiger charge is 2.35. The number of furan rings is 1. The van der Waals surface area contributed by atoms with Gasteiger partial charge in [0, 0.05) is 18.7 Å². The van der Waals surface area contributed by atoms with Gasteiger partial charge in [-0.3, -0.25) is 9.59 Å². The fourth-order valence-electron chi connectivity index (χ4n) is 3.26. The van der Waals surface area contributed by atoms with Gasteiger partial charge >= 0.3 is 0 Å². The maximum Gasteiger partial charge on any atom is 0.290 e. The van der Waals surface area contributed by atoms with Crippen molar-refractivity contribution in [2.75, 3.05) is 5.32 Å². The number of nitrogens with one attached hydrogen (secondary N) is 1. The van der Waals surface area contributed by atoms with Crippen LogP contribution in [0.3, 0.4) is 0 Å². The van der Waals surface area contributed by atoms with Gasteiger partial charge in [0.1, 0.15) is 6.04 Å². The maximum atomic E-state index is 12.9. The van der Waals surface area contributed by atoms with Crippen molar-refractivity contribution in [1.29, 1.82) is 0 Å². The first-order chi connectivity index (χ1) is 12.7. The van der Waals surface area contributed by atoms with E-state index in [1.165, 1.54) is 6.26 Å². The summed E-state index contributed by atoms with van der Waals surface area (Å²) in [6, 6.07) is 19.8. The van der Waals surface area contributed by atoms with Crippen molar-refractivity contribution in [3.8, 4) is 0 Å². The van der Waals surface area contributed by atoms with E-state index in [2.05, 4.69) is 5.32 Å². The van der Waals surface area contributed by atoms with Gasteiger partial charge in [-0.15, -0.1) is 0 Å². The smallest absolute Gasteiger partial charge is 0.290 e. The molecule has 1 N–H and O–H groups in total. The van der Waals surface area contributed by atoms with Crippen molar-refractivity contribution >= 4 is 17.5 Å². The standard InChI is InChI=1S/C21H18N2O3/c24-20(22-17-9-2-1-3-10-17)18-13-15-7-4-5-8-16(15)14-23(18)21(25)19-11-6-12-26-19/h1-12,18H,13-14H2,(H,22,24)/t18-/m1/s1. The van der Waals surface area contributed by atoms with E-state index in [0.29, 0.717) is 18.7 Å². The first kappa shape index (κ1) is 16.1. The Bertz CT molecular complexity index is 919. The number of anilines is 1. The van der Waals surface area contributed by atoms with Crippen molar-refractivity contribution < 1.29 is 14.0 Å². The Morgan fingerprint density at radius 3 is 2.38 bits per heavy atom. The van der Waals surface area contributed by atoms with Gasteiger partial charge in [-0.1, -0.05) is 42.5 Å². The Hall–Kier alpha value is -3.34. The zero-order valence-corrected chi connectivity index (χ0v) is 14.1. The van der Waals surface area contributed by atoms with Crippen LogP contribution >= 0.6 is 0 Å². The van der Waals surface area contributed by atoms with Gasteiger partial charge in [0.25, 0.3) is 5.91 Å². The lowest BCUT2D eigenvalue weighted by atomic mass is 9.93. The first-order valence-corrected chi connectivity index (χ1v) is 8.49. The molecular weight excluding hydrogens is 328 g/mol. The van der Waals surface area contributed by atoms with Crippen LogP contribution in [0.25, 0.3) is 0 Å². The van der Waals surface area contributed by atoms with Crippen LogP contribution in [0.15, 0.2) is 77.4 Å². The molecule has 2 aromatic carbocycles. The molecule has 1 atom stereocenters. The molecule has 0 saturated carbocycles. The zero-order chi connectivity index (χ0) is 17.9. The zero-order valence-electron chi connectivity index (χ0n) is 14.1. The number of amides is 2. The molecule has 0 radical (unpaired) electrons. The summed E-state index contributed by atoms with van der Waals surface area (Å²) in [6.45, 7) is 0.378. The van der Waals surface area contributed by atoms with Crippen LogP contribution in [0.5, 0.6) is 0 Å². The van der Waals surface area contributed by atoms with Gasteiger partial charge in [0.15, 0.2) is 5.76 Å². The number of rotatable bonds is 3. The van der Waals surface area contributed by atoms with Crippen LogP contribution in [-0.2, 0) is 17.8 Å². The number of benzene rings is 2. The molecule has 0 saturated heterocycles. The van der Waals surface area contributed by atoms with E-state index in [4.69, 9.17) is 4.42 Å². The van der Waals surface area contributed by atoms with Gasteiger partial charge in [0.2, 0.25) is 5.91 Å². The summed E-state index contributed by atoms with van der Waals surface area (Å²) in [5.74, 6) is -0.245. The third kappa shape index (κ3) is 3.11. The van der Waals surface area contributed by atoms with E-state index < -0.39 is 6.04 Å². The third-order valence-electron chi connectivity index (χ3n) is 4.59. The van der Waals surface area contributed by atoms with E-state index in [1.54, 1.807) is 17.0 Å². The maximum absolute atomic E-state index is 12.9. The van der Waals surface area contributed by atoms with Crippen molar-refractivity contribution in [2.45, 2.75) is 19.0 Å². The number of para-hydroxylation sites is 1. The normalized spacial score (nSPS) is 16.0. The van der Waals surface area contributed by atoms with Crippen molar-refractivity contribution in [1.82, 2.24) is 4.90 Å². The minimum Gasteiger partial charge on any atom is -0.459 e. The highest BCUT2D eigenvalue weighted by molar-refractivity contribution is 6.00. The average Bonchev–Trinajstić information content (AvgIpc) is 3.22. The van der Waals surface area contributed by atoms with Crippen LogP contribution in [0, 0.1) is 0 Å². The highest BCUT2D eigenvalue weighted by Crippen LogP contribution is 2.26. The van der Waals surface area contributed by atoms with Crippen molar-refractivity contribution in [2.24, 2.45) is 0 Å². The van der Waals surface area contributed by atoms with Gasteiger partial charge in [0.05, 0.1) is 6.26 Å². The SMILES string of the molecule is O=C(Nc1ccccc1)[C@H]1Cc2ccccc2CN1C(=O)c1ccco1. The highest BCUT2D eigenvalue weighted by atomic mass is 16.3. The average molecular weight is 346 g/mol. The number of hydrogen-bond donors (Lipinski definition) is 1. The Morgan fingerprint density at radius 1 is 0.923 bits per heavy atom. The molecule has 0 aliphatic carbocycles. The summed E-state index contributed by atoms with van der Waals surface area (Å²) in [5.41, 5.74) is 2.85. The van der Waals surface area contributed by atoms with Gasteiger partial charge in [-0.2, -0.15) is 0 Å². The van der Waals surface area contributed by atoms with Crippen molar-refractivity contribution in [3.05, 3.63) is 89.9 Å². The molecule has 1 aliphatic heterocycles. The molecule has 3 aromatic rings. The quantitative estimate of drug-likeness (QED) is 0.790. The van der Waals surface area contributed by atoms with E-state index in [0.717, 1.165) is 11.1 Å². The van der Waals surface area contributed by atoms with E-state index in [-0.39, 0.29) is 17.6 Å². The molecular formula is C21H18N2O3. The lowest BCUT2D eigenvalue weighted by Gasteiger charge is -2.35. The van der Waals surface area contributed by atoms with E-state index >= 15 is 0 Å². The van der Waals surface area contributed by atoms with Gasteiger partial charge in [-0.25, -0.2) is 0 Å². The molecule has 0 fully saturated rings. The molecule has 4 rings (SSSR count). The molecule has 5 heteroatoms. The summed E-state index contributed by atoms with van der Waals surface area (Å²) in [6.07, 6.45) is 1.94. The molecule has 5 nitrogen and oxygen atoms in total. The third-order valence-corrected chi connectivity index (χ3v) is 4.59. The monoisotopic (exact) mass is 346 g/mol. The summed E-state index contributed by atoms with van der Waals surface area (Å²) in [5, 5.41) is 2.91. The predicted molar refractivity (Wildman–Crippen MR) is 97.6 cm³/mol. The summed E-state index contributed by atoms with van der Waals surface area (Å²) < 4.78 is 5.26. The predicted octanol–water partition coefficient (Wildman–Crippen LogP) is 3.49. The van der Waals surface area contributed by atoms with Crippen LogP contribution < -0.4 is 5.32 Å². The Kier molecular flexibility index (Phi) is 4.27. The van der Waals surface area contributed by atoms with E-state index in [1.807, 2.05) is 54.6 Å². The summed E-state index contributed by atoms with van der Waals surface area (Å²) in [7, 11) is 0. The topological polar surface area (TPSA) is 62.6 Å². The molecule has 1 aromatic heterocycles. The fraction of sp³-hybridized carbons (Fsp3) is 0.143. The van der Waals surface area contributed by atoms with E-state index in [9.17, 15) is 9.59 Å². The number of hydrogen-bond acceptors (Lipinski definition) is 3. The van der Waals surface area contributed by atoms with Crippen LogP contribution in [0.4, 0.5) is 5.69 Å². The number of nitrogens with zero attached hydrogens (tertiary/aromatic N) is 1. The Balaban J connectivity index is 1.64. The minimum atomic E-state index is -0.595. The number of fused-ring (bicyclic) bond motifs is 1. The Labute approximate surface area is 151 Å². The molecule has 0 unspecified atom stereocenters. The molecule has 2 amide bonds. The number of carbonyl (C=O) groups excluding carboxylic acids is 2. The summed E-state index contributed by atoms with van der Waals surface area (Å²) in [4.78, 5) is 27.4. The van der Waals surface area contributed by atoms with Gasteiger partial charge in [-0.05, 0) is 35.4 Å². The fourth-order valence-corrected chi connectivity index (χ4v) is 3.26. The molecule has 130 valence electrons. The second kappa shape index (κ2) is 6.88. The molecule has 0 bridgehead atoms. The second-order valence-corrected chi connectivity index (χ2v) is 6.25. The molecule has 26 heavy (non-hydrogen) atoms. The first-order valence-electron chi connectivity index (χ1n) is 8.49. The lowest BCUT2D eigenvalue weighted by molar-refractivity contribution is -0.121. The largest absolute Gasteiger partial charge is 0.459 e. The van der Waals surface area contributed by atoms with Crippen LogP contribution in [0.2, 0.25) is 0 Å². The van der Waals surface area contributed by atoms with Crippen LogP contribution in [-0.4, -0.2) is 22.8 Å². The van der Waals surface area contributed by atoms with Gasteiger partial charge < -0.3 is 14.6 Å². The molecule has 0 spiro atoms. The summed E-state index contributed by atoms with van der Waals surface area (Å²) >= 11 is 0. The second-order valence-electron chi connectivity index (χ2n) is 6.25. The lowest BCUT2D eigenvalue weighted by Crippen LogP contribution is -2.50. The molecule has 1 aliphatic rings. The van der Waals surface area contributed by atoms with Crippen molar-refractivity contribution in [3.63, 3.8) is 0 Å². The minimum absolute atomic E-state index is 0.203. The van der Waals surface area contributed by atoms with Crippen LogP contribution in [0.1, 0.15) is 21.7 Å². The Morgan fingerprint density at radius 2 is 1.65 bits per heavy atom.